The summed E-state index contributed by atoms with van der Waals surface area (Å²) in [5.74, 6) is -0.0513. The van der Waals surface area contributed by atoms with Gasteiger partial charge < -0.3 is 15.3 Å². The number of aromatic amines is 2. The summed E-state index contributed by atoms with van der Waals surface area (Å²) in [5, 5.41) is 7.16. The number of hydrogen-bond acceptors (Lipinski definition) is 4. The zero-order valence-corrected chi connectivity index (χ0v) is 13.7. The van der Waals surface area contributed by atoms with Crippen molar-refractivity contribution in [1.82, 2.24) is 24.6 Å². The van der Waals surface area contributed by atoms with E-state index in [9.17, 15) is 9.59 Å². The van der Waals surface area contributed by atoms with E-state index in [1.165, 1.54) is 0 Å². The van der Waals surface area contributed by atoms with Gasteiger partial charge in [-0.1, -0.05) is 0 Å². The van der Waals surface area contributed by atoms with Crippen LogP contribution in [-0.2, 0) is 11.3 Å². The average molecular weight is 340 g/mol. The first kappa shape index (κ1) is 15.6. The number of hydrogen-bond donors (Lipinski definition) is 3. The molecule has 1 saturated heterocycles. The Hall–Kier alpha value is -2.87. The second-order valence-corrected chi connectivity index (χ2v) is 6.38. The van der Waals surface area contributed by atoms with Crippen molar-refractivity contribution in [1.29, 1.82) is 0 Å². The number of imidazole rings is 1. The summed E-state index contributed by atoms with van der Waals surface area (Å²) < 4.78 is 1.91. The molecule has 1 atom stereocenters. The monoisotopic (exact) mass is 340 g/mol. The second kappa shape index (κ2) is 6.56. The molecule has 1 aliphatic rings. The molecule has 8 nitrogen and oxygen atoms in total. The Morgan fingerprint density at radius 3 is 3.04 bits per heavy atom. The molecule has 130 valence electrons. The zero-order valence-electron chi connectivity index (χ0n) is 13.7. The molecule has 2 aromatic heterocycles. The fourth-order valence-electron chi connectivity index (χ4n) is 3.43. The van der Waals surface area contributed by atoms with Crippen LogP contribution in [0.1, 0.15) is 12.8 Å². The first-order valence-corrected chi connectivity index (χ1v) is 8.41. The third kappa shape index (κ3) is 3.48. The molecule has 0 bridgehead atoms. The van der Waals surface area contributed by atoms with Crippen molar-refractivity contribution in [3.8, 4) is 0 Å². The normalized spacial score (nSPS) is 18.0. The smallest absolute Gasteiger partial charge is 0.323 e. The molecule has 0 saturated carbocycles. The molecule has 8 heteroatoms. The summed E-state index contributed by atoms with van der Waals surface area (Å²) in [6, 6.07) is 7.56. The van der Waals surface area contributed by atoms with Gasteiger partial charge in [-0.05, 0) is 43.7 Å². The van der Waals surface area contributed by atoms with Gasteiger partial charge in [0.25, 0.3) is 0 Å². The number of rotatable bonds is 5. The predicted octanol–water partition coefficient (Wildman–Crippen LogP) is 1.16. The molecule has 0 aliphatic carbocycles. The van der Waals surface area contributed by atoms with Gasteiger partial charge in [-0.3, -0.25) is 14.4 Å². The van der Waals surface area contributed by atoms with Crippen LogP contribution in [0.15, 0.2) is 41.5 Å². The highest BCUT2D eigenvalue weighted by Crippen LogP contribution is 2.19. The topological polar surface area (TPSA) is 98.8 Å². The van der Waals surface area contributed by atoms with E-state index in [1.807, 2.05) is 16.9 Å². The number of nitrogens with one attached hydrogen (secondary N) is 3. The summed E-state index contributed by atoms with van der Waals surface area (Å²) in [6.07, 6.45) is 5.89. The van der Waals surface area contributed by atoms with Crippen LogP contribution >= 0.6 is 0 Å². The highest BCUT2D eigenvalue weighted by Gasteiger charge is 2.26. The van der Waals surface area contributed by atoms with Gasteiger partial charge in [0.05, 0.1) is 24.1 Å². The van der Waals surface area contributed by atoms with E-state index in [2.05, 4.69) is 25.3 Å². The second-order valence-electron chi connectivity index (χ2n) is 6.38. The van der Waals surface area contributed by atoms with Crippen LogP contribution < -0.4 is 11.0 Å². The SMILES string of the molecule is O=C(CN1CCC[C@H]1Cn1cccn1)Nc1ccc2[nH]c(=O)[nH]c2c1. The largest absolute Gasteiger partial charge is 0.325 e. The molecule has 3 N–H and O–H groups in total. The number of anilines is 1. The van der Waals surface area contributed by atoms with Crippen molar-refractivity contribution in [3.05, 3.63) is 47.1 Å². The van der Waals surface area contributed by atoms with Crippen molar-refractivity contribution in [3.63, 3.8) is 0 Å². The van der Waals surface area contributed by atoms with Crippen LogP contribution in [0.3, 0.4) is 0 Å². The lowest BCUT2D eigenvalue weighted by Gasteiger charge is -2.23. The number of nitrogens with zero attached hydrogens (tertiary/aromatic N) is 3. The summed E-state index contributed by atoms with van der Waals surface area (Å²) >= 11 is 0. The molecule has 0 unspecified atom stereocenters. The Labute approximate surface area is 143 Å². The van der Waals surface area contributed by atoms with Gasteiger partial charge in [-0.2, -0.15) is 5.10 Å². The summed E-state index contributed by atoms with van der Waals surface area (Å²) in [7, 11) is 0. The zero-order chi connectivity index (χ0) is 17.2. The van der Waals surface area contributed by atoms with E-state index in [4.69, 9.17) is 0 Å². The number of aromatic nitrogens is 4. The van der Waals surface area contributed by atoms with Crippen LogP contribution in [0.4, 0.5) is 5.69 Å². The summed E-state index contributed by atoms with van der Waals surface area (Å²) in [6.45, 7) is 2.08. The van der Waals surface area contributed by atoms with Crippen molar-refractivity contribution in [2.24, 2.45) is 0 Å². The first-order chi connectivity index (χ1) is 12.2. The van der Waals surface area contributed by atoms with E-state index >= 15 is 0 Å². The van der Waals surface area contributed by atoms with Crippen LogP contribution in [0, 0.1) is 0 Å². The summed E-state index contributed by atoms with van der Waals surface area (Å²) in [5.41, 5.74) is 1.83. The number of benzene rings is 1. The van der Waals surface area contributed by atoms with E-state index in [1.54, 1.807) is 24.4 Å². The number of fused-ring (bicyclic) bond motifs is 1. The van der Waals surface area contributed by atoms with Crippen molar-refractivity contribution in [2.45, 2.75) is 25.4 Å². The lowest BCUT2D eigenvalue weighted by molar-refractivity contribution is -0.117. The highest BCUT2D eigenvalue weighted by atomic mass is 16.2. The molecule has 4 rings (SSSR count). The Morgan fingerprint density at radius 1 is 1.32 bits per heavy atom. The molecule has 0 radical (unpaired) electrons. The minimum absolute atomic E-state index is 0.0513. The van der Waals surface area contributed by atoms with E-state index in [0.29, 0.717) is 23.8 Å². The van der Waals surface area contributed by atoms with Crippen LogP contribution in [0.25, 0.3) is 11.0 Å². The maximum absolute atomic E-state index is 12.4. The van der Waals surface area contributed by atoms with Crippen LogP contribution in [-0.4, -0.2) is 49.7 Å². The Kier molecular flexibility index (Phi) is 4.10. The number of H-pyrrole nitrogens is 2. The van der Waals surface area contributed by atoms with Crippen LogP contribution in [0.2, 0.25) is 0 Å². The molecular formula is C17H20N6O2. The van der Waals surface area contributed by atoms with Gasteiger partial charge in [0, 0.05) is 24.1 Å². The van der Waals surface area contributed by atoms with Gasteiger partial charge in [0.2, 0.25) is 5.91 Å². The highest BCUT2D eigenvalue weighted by molar-refractivity contribution is 5.94. The number of carbonyl (C=O) groups is 1. The van der Waals surface area contributed by atoms with Gasteiger partial charge >= 0.3 is 5.69 Å². The molecule has 1 amide bonds. The molecule has 25 heavy (non-hydrogen) atoms. The van der Waals surface area contributed by atoms with Crippen LogP contribution in [0.5, 0.6) is 0 Å². The molecule has 1 fully saturated rings. The minimum atomic E-state index is -0.253. The summed E-state index contributed by atoms with van der Waals surface area (Å²) in [4.78, 5) is 31.3. The number of likely N-dealkylation sites (tertiary alicyclic amines) is 1. The van der Waals surface area contributed by atoms with Crippen molar-refractivity contribution >= 4 is 22.6 Å². The maximum Gasteiger partial charge on any atom is 0.323 e. The Bertz CT molecular complexity index is 926. The van der Waals surface area contributed by atoms with Crippen molar-refractivity contribution in [2.75, 3.05) is 18.4 Å². The van der Waals surface area contributed by atoms with E-state index in [0.717, 1.165) is 31.4 Å². The lowest BCUT2D eigenvalue weighted by Crippen LogP contribution is -2.39. The molecular weight excluding hydrogens is 320 g/mol. The molecule has 0 spiro atoms. The third-order valence-electron chi connectivity index (χ3n) is 4.60. The molecule has 1 aliphatic heterocycles. The standard InChI is InChI=1S/C17H20N6O2/c24-16(19-12-4-5-14-15(9-12)21-17(25)20-14)11-22-7-1-3-13(22)10-23-8-2-6-18-23/h2,4-6,8-9,13H,1,3,7,10-11H2,(H,19,24)(H2,20,21,25)/t13-/m0/s1. The number of amides is 1. The van der Waals surface area contributed by atoms with Crippen molar-refractivity contribution < 1.29 is 4.79 Å². The third-order valence-corrected chi connectivity index (χ3v) is 4.60. The minimum Gasteiger partial charge on any atom is -0.325 e. The van der Waals surface area contributed by atoms with Gasteiger partial charge in [-0.15, -0.1) is 0 Å². The van der Waals surface area contributed by atoms with Gasteiger partial charge in [0.15, 0.2) is 0 Å². The Morgan fingerprint density at radius 2 is 2.20 bits per heavy atom. The van der Waals surface area contributed by atoms with E-state index in [-0.39, 0.29) is 11.6 Å². The predicted molar refractivity (Wildman–Crippen MR) is 94.4 cm³/mol. The Balaban J connectivity index is 1.39. The molecule has 3 aromatic rings. The van der Waals surface area contributed by atoms with Gasteiger partial charge in [-0.25, -0.2) is 4.79 Å². The molecule has 3 heterocycles. The molecule has 1 aromatic carbocycles. The van der Waals surface area contributed by atoms with Gasteiger partial charge in [0.1, 0.15) is 0 Å². The fraction of sp³-hybridized carbons (Fsp3) is 0.353. The quantitative estimate of drug-likeness (QED) is 0.649. The lowest BCUT2D eigenvalue weighted by atomic mass is 10.2. The van der Waals surface area contributed by atoms with E-state index < -0.39 is 0 Å². The first-order valence-electron chi connectivity index (χ1n) is 8.41. The fourth-order valence-corrected chi connectivity index (χ4v) is 3.43. The maximum atomic E-state index is 12.4. The average Bonchev–Trinajstić information content (AvgIpc) is 3.29. The number of carbonyl (C=O) groups excluding carboxylic acids is 1.